The molecule has 2 nitrogen and oxygen atoms in total. The third kappa shape index (κ3) is 2.91. The lowest BCUT2D eigenvalue weighted by molar-refractivity contribution is 0.0944. The number of rotatable bonds is 4. The molecule has 1 aliphatic carbocycles. The van der Waals surface area contributed by atoms with Crippen LogP contribution < -0.4 is 5.32 Å². The fourth-order valence-electron chi connectivity index (χ4n) is 2.10. The molecule has 1 saturated carbocycles. The summed E-state index contributed by atoms with van der Waals surface area (Å²) in [5.74, 6) is 0.0241. The molecule has 1 aliphatic rings. The zero-order chi connectivity index (χ0) is 13.2. The van der Waals surface area contributed by atoms with Crippen molar-refractivity contribution in [1.82, 2.24) is 5.32 Å². The Morgan fingerprint density at radius 2 is 2.22 bits per heavy atom. The first-order valence-electron chi connectivity index (χ1n) is 6.16. The third-order valence-electron chi connectivity index (χ3n) is 3.70. The number of hydrogen-bond acceptors (Lipinski definition) is 2. The van der Waals surface area contributed by atoms with Crippen LogP contribution in [0.15, 0.2) is 22.7 Å². The molecule has 4 heteroatoms. The first-order chi connectivity index (χ1) is 8.56. The average Bonchev–Trinajstić information content (AvgIpc) is 2.31. The first kappa shape index (κ1) is 13.9. The second-order valence-corrected chi connectivity index (χ2v) is 7.02. The highest BCUT2D eigenvalue weighted by molar-refractivity contribution is 9.10. The van der Waals surface area contributed by atoms with Crippen LogP contribution in [0.1, 0.15) is 35.2 Å². The van der Waals surface area contributed by atoms with Crippen LogP contribution in [0.2, 0.25) is 0 Å². The standard InChI is InChI=1S/C14H18BrNOS/c1-10-4-5-11(8-12(10)15)13(17)16-9-14(18-2)6-3-7-14/h4-5,8H,3,6-7,9H2,1-2H3,(H,16,17). The molecule has 0 radical (unpaired) electrons. The maximum atomic E-state index is 12.1. The Morgan fingerprint density at radius 3 is 2.72 bits per heavy atom. The summed E-state index contributed by atoms with van der Waals surface area (Å²) < 4.78 is 1.27. The van der Waals surface area contributed by atoms with E-state index in [1.807, 2.05) is 36.9 Å². The SMILES string of the molecule is CSC1(CNC(=O)c2ccc(C)c(Br)c2)CCC1. The van der Waals surface area contributed by atoms with Crippen molar-refractivity contribution in [3.8, 4) is 0 Å². The van der Waals surface area contributed by atoms with Crippen molar-refractivity contribution < 1.29 is 4.79 Å². The third-order valence-corrected chi connectivity index (χ3v) is 5.98. The highest BCUT2D eigenvalue weighted by Gasteiger charge is 2.36. The lowest BCUT2D eigenvalue weighted by atomic mass is 9.84. The average molecular weight is 328 g/mol. The number of hydrogen-bond donors (Lipinski definition) is 1. The van der Waals surface area contributed by atoms with E-state index in [4.69, 9.17) is 0 Å². The zero-order valence-corrected chi connectivity index (χ0v) is 13.2. The fourth-order valence-corrected chi connectivity index (χ4v) is 3.39. The van der Waals surface area contributed by atoms with Gasteiger partial charge >= 0.3 is 0 Å². The van der Waals surface area contributed by atoms with Gasteiger partial charge in [0.25, 0.3) is 5.91 Å². The summed E-state index contributed by atoms with van der Waals surface area (Å²) in [4.78, 5) is 12.1. The van der Waals surface area contributed by atoms with Crippen molar-refractivity contribution in [1.29, 1.82) is 0 Å². The minimum atomic E-state index is 0.0241. The summed E-state index contributed by atoms with van der Waals surface area (Å²) in [6, 6.07) is 5.73. The summed E-state index contributed by atoms with van der Waals surface area (Å²) in [6.45, 7) is 2.79. The monoisotopic (exact) mass is 327 g/mol. The second-order valence-electron chi connectivity index (χ2n) is 4.89. The molecule has 0 atom stereocenters. The summed E-state index contributed by atoms with van der Waals surface area (Å²) >= 11 is 5.34. The zero-order valence-electron chi connectivity index (χ0n) is 10.8. The van der Waals surface area contributed by atoms with E-state index in [9.17, 15) is 4.79 Å². The van der Waals surface area contributed by atoms with Crippen LogP contribution in [-0.4, -0.2) is 23.5 Å². The predicted octanol–water partition coefficient (Wildman–Crippen LogP) is 3.77. The van der Waals surface area contributed by atoms with Crippen LogP contribution in [-0.2, 0) is 0 Å². The van der Waals surface area contributed by atoms with E-state index in [1.54, 1.807) is 0 Å². The van der Waals surface area contributed by atoms with E-state index in [-0.39, 0.29) is 10.7 Å². The number of benzene rings is 1. The van der Waals surface area contributed by atoms with Crippen LogP contribution >= 0.6 is 27.7 Å². The van der Waals surface area contributed by atoms with Gasteiger partial charge in [-0.05, 0) is 43.7 Å². The molecule has 0 spiro atoms. The lowest BCUT2D eigenvalue weighted by Crippen LogP contribution is -2.45. The molecular weight excluding hydrogens is 310 g/mol. The number of thioether (sulfide) groups is 1. The second kappa shape index (κ2) is 5.66. The van der Waals surface area contributed by atoms with Crippen LogP contribution in [0.5, 0.6) is 0 Å². The Labute approximate surface area is 121 Å². The van der Waals surface area contributed by atoms with Crippen LogP contribution in [0, 0.1) is 6.92 Å². The van der Waals surface area contributed by atoms with Gasteiger partial charge in [-0.25, -0.2) is 0 Å². The Bertz CT molecular complexity index is 452. The minimum Gasteiger partial charge on any atom is -0.351 e. The van der Waals surface area contributed by atoms with Gasteiger partial charge in [0.15, 0.2) is 0 Å². The van der Waals surface area contributed by atoms with Crippen LogP contribution in [0.25, 0.3) is 0 Å². The van der Waals surface area contributed by atoms with Crippen molar-refractivity contribution in [2.75, 3.05) is 12.8 Å². The van der Waals surface area contributed by atoms with Crippen LogP contribution in [0.4, 0.5) is 0 Å². The highest BCUT2D eigenvalue weighted by atomic mass is 79.9. The number of aryl methyl sites for hydroxylation is 1. The van der Waals surface area contributed by atoms with Gasteiger partial charge in [0.2, 0.25) is 0 Å². The molecule has 1 aromatic rings. The van der Waals surface area contributed by atoms with Gasteiger partial charge in [0.1, 0.15) is 0 Å². The molecule has 0 aliphatic heterocycles. The number of halogens is 1. The van der Waals surface area contributed by atoms with Crippen molar-refractivity contribution in [2.45, 2.75) is 30.9 Å². The molecule has 1 fully saturated rings. The summed E-state index contributed by atoms with van der Waals surface area (Å²) in [7, 11) is 0. The molecule has 2 rings (SSSR count). The molecule has 18 heavy (non-hydrogen) atoms. The van der Waals surface area contributed by atoms with Crippen molar-refractivity contribution in [3.63, 3.8) is 0 Å². The van der Waals surface area contributed by atoms with E-state index >= 15 is 0 Å². The Balaban J connectivity index is 1.97. The maximum absolute atomic E-state index is 12.1. The molecule has 0 heterocycles. The van der Waals surface area contributed by atoms with Crippen molar-refractivity contribution >= 4 is 33.6 Å². The van der Waals surface area contributed by atoms with E-state index in [2.05, 4.69) is 27.5 Å². The number of carbonyl (C=O) groups excluding carboxylic acids is 1. The van der Waals surface area contributed by atoms with Crippen LogP contribution in [0.3, 0.4) is 0 Å². The van der Waals surface area contributed by atoms with E-state index in [0.29, 0.717) is 0 Å². The minimum absolute atomic E-state index is 0.0241. The Kier molecular flexibility index (Phi) is 4.38. The van der Waals surface area contributed by atoms with Gasteiger partial charge in [-0.3, -0.25) is 4.79 Å². The van der Waals surface area contributed by atoms with Gasteiger partial charge < -0.3 is 5.32 Å². The molecule has 0 bridgehead atoms. The highest BCUT2D eigenvalue weighted by Crippen LogP contribution is 2.42. The lowest BCUT2D eigenvalue weighted by Gasteiger charge is -2.40. The van der Waals surface area contributed by atoms with E-state index in [1.165, 1.54) is 19.3 Å². The molecule has 0 saturated heterocycles. The Morgan fingerprint density at radius 1 is 1.50 bits per heavy atom. The largest absolute Gasteiger partial charge is 0.351 e. The molecule has 1 amide bonds. The molecule has 0 unspecified atom stereocenters. The van der Waals surface area contributed by atoms with E-state index < -0.39 is 0 Å². The van der Waals surface area contributed by atoms with Crippen molar-refractivity contribution in [2.24, 2.45) is 0 Å². The predicted molar refractivity (Wildman–Crippen MR) is 81.3 cm³/mol. The van der Waals surface area contributed by atoms with Crippen molar-refractivity contribution in [3.05, 3.63) is 33.8 Å². The molecular formula is C14H18BrNOS. The normalized spacial score (nSPS) is 17.1. The smallest absolute Gasteiger partial charge is 0.251 e. The molecule has 1 N–H and O–H groups in total. The van der Waals surface area contributed by atoms with Gasteiger partial charge in [0, 0.05) is 21.3 Å². The molecule has 1 aromatic carbocycles. The van der Waals surface area contributed by atoms with Gasteiger partial charge in [-0.15, -0.1) is 0 Å². The van der Waals surface area contributed by atoms with Gasteiger partial charge in [-0.2, -0.15) is 11.8 Å². The number of carbonyl (C=O) groups is 1. The molecule has 98 valence electrons. The Hall–Kier alpha value is -0.480. The summed E-state index contributed by atoms with van der Waals surface area (Å²) in [5.41, 5.74) is 1.87. The summed E-state index contributed by atoms with van der Waals surface area (Å²) in [5, 5.41) is 3.06. The number of nitrogens with one attached hydrogen (secondary N) is 1. The fraction of sp³-hybridized carbons (Fsp3) is 0.500. The quantitative estimate of drug-likeness (QED) is 0.911. The molecule has 0 aromatic heterocycles. The topological polar surface area (TPSA) is 29.1 Å². The number of amides is 1. The van der Waals surface area contributed by atoms with Gasteiger partial charge in [-0.1, -0.05) is 28.4 Å². The first-order valence-corrected chi connectivity index (χ1v) is 8.18. The summed E-state index contributed by atoms with van der Waals surface area (Å²) in [6.07, 6.45) is 5.85. The van der Waals surface area contributed by atoms with E-state index in [0.717, 1.165) is 22.1 Å². The maximum Gasteiger partial charge on any atom is 0.251 e. The van der Waals surface area contributed by atoms with Gasteiger partial charge in [0.05, 0.1) is 0 Å².